The number of anilines is 1. The standard InChI is InChI=1S/C16H21F3N4O3/c1-26-15(25)23-10-8-22(9-11-23)7-6-20-14(24)21-13-5-3-2-4-12(13)16(17,18)19/h2-5H,6-11H2,1H3,(H2,20,21,24). The molecule has 1 fully saturated rings. The number of benzene rings is 1. The first-order valence-corrected chi connectivity index (χ1v) is 8.07. The zero-order valence-corrected chi connectivity index (χ0v) is 14.3. The maximum absolute atomic E-state index is 12.9. The maximum atomic E-state index is 12.9. The third-order valence-corrected chi connectivity index (χ3v) is 4.00. The van der Waals surface area contributed by atoms with Crippen LogP contribution >= 0.6 is 0 Å². The summed E-state index contributed by atoms with van der Waals surface area (Å²) in [6, 6.07) is 4.10. The van der Waals surface area contributed by atoms with E-state index in [9.17, 15) is 22.8 Å². The van der Waals surface area contributed by atoms with Crippen molar-refractivity contribution in [3.63, 3.8) is 0 Å². The summed E-state index contributed by atoms with van der Waals surface area (Å²) in [4.78, 5) is 26.9. The minimum atomic E-state index is -4.54. The fourth-order valence-corrected chi connectivity index (χ4v) is 2.62. The number of para-hydroxylation sites is 1. The minimum Gasteiger partial charge on any atom is -0.453 e. The highest BCUT2D eigenvalue weighted by Crippen LogP contribution is 2.34. The van der Waals surface area contributed by atoms with E-state index in [1.807, 2.05) is 4.90 Å². The van der Waals surface area contributed by atoms with E-state index in [0.29, 0.717) is 32.7 Å². The van der Waals surface area contributed by atoms with Gasteiger partial charge >= 0.3 is 18.3 Å². The number of ether oxygens (including phenoxy) is 1. The largest absolute Gasteiger partial charge is 0.453 e. The number of nitrogens with one attached hydrogen (secondary N) is 2. The lowest BCUT2D eigenvalue weighted by Gasteiger charge is -2.33. The summed E-state index contributed by atoms with van der Waals surface area (Å²) in [6.07, 6.45) is -4.91. The van der Waals surface area contributed by atoms with Crippen LogP contribution in [0.5, 0.6) is 0 Å². The van der Waals surface area contributed by atoms with E-state index in [-0.39, 0.29) is 18.3 Å². The van der Waals surface area contributed by atoms with Crippen LogP contribution in [0.4, 0.5) is 28.4 Å². The summed E-state index contributed by atoms with van der Waals surface area (Å²) >= 11 is 0. The second-order valence-electron chi connectivity index (χ2n) is 5.72. The first-order valence-electron chi connectivity index (χ1n) is 8.07. The topological polar surface area (TPSA) is 73.9 Å². The summed E-state index contributed by atoms with van der Waals surface area (Å²) < 4.78 is 43.3. The van der Waals surface area contributed by atoms with Gasteiger partial charge in [0.2, 0.25) is 0 Å². The molecule has 1 aromatic rings. The number of nitrogens with zero attached hydrogens (tertiary/aromatic N) is 2. The Kier molecular flexibility index (Phi) is 6.67. The lowest BCUT2D eigenvalue weighted by molar-refractivity contribution is -0.136. The first-order chi connectivity index (χ1) is 12.3. The molecule has 1 aliphatic heterocycles. The van der Waals surface area contributed by atoms with Gasteiger partial charge in [0.05, 0.1) is 18.4 Å². The summed E-state index contributed by atoms with van der Waals surface area (Å²) in [5.41, 5.74) is -1.18. The Morgan fingerprint density at radius 2 is 1.81 bits per heavy atom. The van der Waals surface area contributed by atoms with Crippen molar-refractivity contribution in [1.82, 2.24) is 15.1 Å². The van der Waals surface area contributed by atoms with E-state index in [1.54, 1.807) is 4.90 Å². The number of hydrogen-bond donors (Lipinski definition) is 2. The zero-order chi connectivity index (χ0) is 19.2. The van der Waals surface area contributed by atoms with Gasteiger partial charge in [0.15, 0.2) is 0 Å². The molecule has 2 N–H and O–H groups in total. The van der Waals surface area contributed by atoms with Crippen LogP contribution in [0, 0.1) is 0 Å². The molecule has 26 heavy (non-hydrogen) atoms. The van der Waals surface area contributed by atoms with Crippen LogP contribution < -0.4 is 10.6 Å². The van der Waals surface area contributed by atoms with E-state index >= 15 is 0 Å². The van der Waals surface area contributed by atoms with Crippen molar-refractivity contribution in [3.8, 4) is 0 Å². The molecule has 0 aromatic heterocycles. The van der Waals surface area contributed by atoms with Crippen LogP contribution in [0.1, 0.15) is 5.56 Å². The van der Waals surface area contributed by atoms with E-state index in [0.717, 1.165) is 6.07 Å². The molecule has 144 valence electrons. The quantitative estimate of drug-likeness (QED) is 0.848. The predicted molar refractivity (Wildman–Crippen MR) is 88.9 cm³/mol. The first kappa shape index (κ1) is 19.8. The van der Waals surface area contributed by atoms with Gasteiger partial charge < -0.3 is 20.3 Å². The van der Waals surface area contributed by atoms with E-state index in [4.69, 9.17) is 0 Å². The van der Waals surface area contributed by atoms with Gasteiger partial charge in [-0.3, -0.25) is 4.90 Å². The van der Waals surface area contributed by atoms with Crippen LogP contribution in [-0.2, 0) is 10.9 Å². The number of urea groups is 1. The molecule has 0 spiro atoms. The Balaban J connectivity index is 1.75. The summed E-state index contributed by atoms with van der Waals surface area (Å²) in [5, 5.41) is 4.76. The van der Waals surface area contributed by atoms with Crippen LogP contribution in [0.3, 0.4) is 0 Å². The van der Waals surface area contributed by atoms with Crippen molar-refractivity contribution < 1.29 is 27.5 Å². The molecule has 3 amide bonds. The summed E-state index contributed by atoms with van der Waals surface area (Å²) in [6.45, 7) is 3.13. The molecule has 0 unspecified atom stereocenters. The van der Waals surface area contributed by atoms with Gasteiger partial charge in [-0.05, 0) is 12.1 Å². The van der Waals surface area contributed by atoms with Gasteiger partial charge in [0.1, 0.15) is 0 Å². The van der Waals surface area contributed by atoms with Crippen molar-refractivity contribution >= 4 is 17.8 Å². The Morgan fingerprint density at radius 3 is 2.42 bits per heavy atom. The van der Waals surface area contributed by atoms with Crippen LogP contribution in [-0.4, -0.2) is 68.3 Å². The van der Waals surface area contributed by atoms with E-state index in [1.165, 1.54) is 25.3 Å². The van der Waals surface area contributed by atoms with Crippen LogP contribution in [0.2, 0.25) is 0 Å². The lowest BCUT2D eigenvalue weighted by atomic mass is 10.1. The highest BCUT2D eigenvalue weighted by atomic mass is 19.4. The number of hydrogen-bond acceptors (Lipinski definition) is 4. The third-order valence-electron chi connectivity index (χ3n) is 4.00. The van der Waals surface area contributed by atoms with Crippen molar-refractivity contribution in [1.29, 1.82) is 0 Å². The van der Waals surface area contributed by atoms with Gasteiger partial charge in [0.25, 0.3) is 0 Å². The maximum Gasteiger partial charge on any atom is 0.418 e. The highest BCUT2D eigenvalue weighted by molar-refractivity contribution is 5.90. The van der Waals surface area contributed by atoms with Crippen molar-refractivity contribution in [2.75, 3.05) is 51.7 Å². The number of rotatable bonds is 4. The second-order valence-corrected chi connectivity index (χ2v) is 5.72. The average Bonchev–Trinajstić information content (AvgIpc) is 2.61. The zero-order valence-electron chi connectivity index (χ0n) is 14.3. The molecular formula is C16H21F3N4O3. The number of halogens is 3. The molecule has 2 rings (SSSR count). The van der Waals surface area contributed by atoms with E-state index in [2.05, 4.69) is 15.4 Å². The molecule has 7 nitrogen and oxygen atoms in total. The third kappa shape index (κ3) is 5.51. The molecule has 0 saturated carbocycles. The van der Waals surface area contributed by atoms with Gasteiger partial charge in [-0.2, -0.15) is 13.2 Å². The van der Waals surface area contributed by atoms with Crippen LogP contribution in [0.15, 0.2) is 24.3 Å². The highest BCUT2D eigenvalue weighted by Gasteiger charge is 2.33. The molecule has 10 heteroatoms. The average molecular weight is 374 g/mol. The van der Waals surface area contributed by atoms with Crippen LogP contribution in [0.25, 0.3) is 0 Å². The molecule has 1 aliphatic rings. The van der Waals surface area contributed by atoms with Gasteiger partial charge in [-0.25, -0.2) is 9.59 Å². The molecule has 1 saturated heterocycles. The number of amides is 3. The summed E-state index contributed by atoms with van der Waals surface area (Å²) in [5.74, 6) is 0. The second kappa shape index (κ2) is 8.75. The monoisotopic (exact) mass is 374 g/mol. The van der Waals surface area contributed by atoms with Crippen molar-refractivity contribution in [3.05, 3.63) is 29.8 Å². The molecule has 0 bridgehead atoms. The fourth-order valence-electron chi connectivity index (χ4n) is 2.62. The Morgan fingerprint density at radius 1 is 1.15 bits per heavy atom. The SMILES string of the molecule is COC(=O)N1CCN(CCNC(=O)Nc2ccccc2C(F)(F)F)CC1. The van der Waals surface area contributed by atoms with Crippen molar-refractivity contribution in [2.24, 2.45) is 0 Å². The number of carbonyl (C=O) groups is 2. The minimum absolute atomic E-state index is 0.276. The molecule has 0 atom stereocenters. The van der Waals surface area contributed by atoms with Gasteiger partial charge in [0, 0.05) is 39.3 Å². The normalized spacial score (nSPS) is 15.5. The predicted octanol–water partition coefficient (Wildman–Crippen LogP) is 2.21. The molecule has 0 radical (unpaired) electrons. The molecule has 1 aromatic carbocycles. The molecular weight excluding hydrogens is 353 g/mol. The smallest absolute Gasteiger partial charge is 0.418 e. The lowest BCUT2D eigenvalue weighted by Crippen LogP contribution is -2.50. The summed E-state index contributed by atoms with van der Waals surface area (Å²) in [7, 11) is 1.33. The number of carbonyl (C=O) groups excluding carboxylic acids is 2. The number of alkyl halides is 3. The van der Waals surface area contributed by atoms with Gasteiger partial charge in [-0.1, -0.05) is 12.1 Å². The van der Waals surface area contributed by atoms with Gasteiger partial charge in [-0.15, -0.1) is 0 Å². The number of methoxy groups -OCH3 is 1. The molecule has 1 heterocycles. The fraction of sp³-hybridized carbons (Fsp3) is 0.500. The Bertz CT molecular complexity index is 631. The van der Waals surface area contributed by atoms with E-state index < -0.39 is 17.8 Å². The molecule has 0 aliphatic carbocycles. The van der Waals surface area contributed by atoms with Crippen molar-refractivity contribution in [2.45, 2.75) is 6.18 Å². The Hall–Kier alpha value is -2.49. The Labute approximate surface area is 149 Å². The number of piperazine rings is 1.